The number of nitrogens with one attached hydrogen (secondary N) is 1. The largest absolute Gasteiger partial charge is 0.490 e. The van der Waals surface area contributed by atoms with Crippen LogP contribution in [-0.4, -0.2) is 70.1 Å². The third-order valence-corrected chi connectivity index (χ3v) is 7.39. The van der Waals surface area contributed by atoms with Gasteiger partial charge in [-0.15, -0.1) is 11.3 Å². The number of hydrogen-bond acceptors (Lipinski definition) is 9. The highest BCUT2D eigenvalue weighted by molar-refractivity contribution is 7.15. The SMILES string of the molecule is CCc1cc(-c2noc(-c3cc(C)c(CN(CC)CC(C)C)s3)n2)cc(C)c1OC[C@@H](O)CNC(=O)CO. The Kier molecular flexibility index (Phi) is 10.8. The lowest BCUT2D eigenvalue weighted by atomic mass is 10.0. The first-order chi connectivity index (χ1) is 18.1. The Labute approximate surface area is 228 Å². The van der Waals surface area contributed by atoms with Gasteiger partial charge < -0.3 is 24.8 Å². The van der Waals surface area contributed by atoms with Gasteiger partial charge in [0.15, 0.2) is 0 Å². The molecule has 2 heterocycles. The maximum Gasteiger partial charge on any atom is 0.268 e. The molecule has 3 rings (SSSR count). The van der Waals surface area contributed by atoms with Gasteiger partial charge in [0.05, 0.1) is 4.88 Å². The van der Waals surface area contributed by atoms with Gasteiger partial charge in [-0.1, -0.05) is 32.9 Å². The number of aliphatic hydroxyl groups is 2. The molecule has 9 nitrogen and oxygen atoms in total. The molecule has 38 heavy (non-hydrogen) atoms. The van der Waals surface area contributed by atoms with Gasteiger partial charge in [0, 0.05) is 30.1 Å². The van der Waals surface area contributed by atoms with Crippen LogP contribution in [0.25, 0.3) is 22.2 Å². The Morgan fingerprint density at radius 2 is 1.97 bits per heavy atom. The normalized spacial score (nSPS) is 12.4. The van der Waals surface area contributed by atoms with Crippen molar-refractivity contribution in [1.82, 2.24) is 20.4 Å². The van der Waals surface area contributed by atoms with Crippen molar-refractivity contribution in [3.8, 4) is 27.9 Å². The molecular formula is C28H40N4O5S. The number of thiophene rings is 1. The summed E-state index contributed by atoms with van der Waals surface area (Å²) in [5, 5.41) is 25.6. The van der Waals surface area contributed by atoms with Crippen molar-refractivity contribution in [2.24, 2.45) is 5.92 Å². The fourth-order valence-corrected chi connectivity index (χ4v) is 5.36. The smallest absolute Gasteiger partial charge is 0.268 e. The quantitative estimate of drug-likeness (QED) is 0.279. The Balaban J connectivity index is 1.74. The number of carbonyl (C=O) groups excluding carboxylic acids is 1. The molecule has 0 aliphatic carbocycles. The minimum Gasteiger partial charge on any atom is -0.490 e. The molecule has 3 N–H and O–H groups in total. The highest BCUT2D eigenvalue weighted by Crippen LogP contribution is 2.34. The van der Waals surface area contributed by atoms with Gasteiger partial charge in [-0.05, 0) is 67.6 Å². The fourth-order valence-electron chi connectivity index (χ4n) is 4.22. The molecule has 3 aromatic rings. The summed E-state index contributed by atoms with van der Waals surface area (Å²) in [7, 11) is 0. The summed E-state index contributed by atoms with van der Waals surface area (Å²) >= 11 is 1.70. The maximum absolute atomic E-state index is 11.2. The minimum absolute atomic E-state index is 0.00172. The molecule has 0 aliphatic heterocycles. The summed E-state index contributed by atoms with van der Waals surface area (Å²) in [6, 6.07) is 6.04. The van der Waals surface area contributed by atoms with E-state index in [1.54, 1.807) is 11.3 Å². The molecule has 0 fully saturated rings. The number of aromatic nitrogens is 2. The van der Waals surface area contributed by atoms with Crippen molar-refractivity contribution in [2.45, 2.75) is 60.6 Å². The number of nitrogens with zero attached hydrogens (tertiary/aromatic N) is 3. The molecule has 0 spiro atoms. The summed E-state index contributed by atoms with van der Waals surface area (Å²) in [5.41, 5.74) is 3.91. The second-order valence-electron chi connectivity index (χ2n) is 9.92. The first kappa shape index (κ1) is 29.8. The van der Waals surface area contributed by atoms with Crippen molar-refractivity contribution in [2.75, 3.05) is 32.8 Å². The summed E-state index contributed by atoms with van der Waals surface area (Å²) in [4.78, 5) is 20.6. The van der Waals surface area contributed by atoms with Gasteiger partial charge in [0.25, 0.3) is 5.89 Å². The molecule has 1 aromatic carbocycles. The van der Waals surface area contributed by atoms with E-state index in [0.717, 1.165) is 41.2 Å². The van der Waals surface area contributed by atoms with Crippen LogP contribution >= 0.6 is 11.3 Å². The van der Waals surface area contributed by atoms with Crippen LogP contribution in [-0.2, 0) is 17.8 Å². The van der Waals surface area contributed by atoms with Crippen molar-refractivity contribution in [3.05, 3.63) is 39.8 Å². The lowest BCUT2D eigenvalue weighted by molar-refractivity contribution is -0.124. The van der Waals surface area contributed by atoms with Gasteiger partial charge in [-0.3, -0.25) is 9.69 Å². The third kappa shape index (κ3) is 7.86. The van der Waals surface area contributed by atoms with E-state index in [0.29, 0.717) is 29.8 Å². The van der Waals surface area contributed by atoms with Gasteiger partial charge in [-0.2, -0.15) is 4.98 Å². The second-order valence-corrected chi connectivity index (χ2v) is 11.1. The Morgan fingerprint density at radius 1 is 1.21 bits per heavy atom. The van der Waals surface area contributed by atoms with Crippen LogP contribution in [0.5, 0.6) is 5.75 Å². The van der Waals surface area contributed by atoms with Gasteiger partial charge in [-0.25, -0.2) is 0 Å². The maximum atomic E-state index is 11.2. The zero-order valence-corrected chi connectivity index (χ0v) is 24.0. The first-order valence-corrected chi connectivity index (χ1v) is 13.9. The molecule has 0 saturated heterocycles. The molecule has 10 heteroatoms. The zero-order chi connectivity index (χ0) is 27.8. The summed E-state index contributed by atoms with van der Waals surface area (Å²) in [5.74, 6) is 1.79. The molecule has 1 amide bonds. The number of hydrogen-bond donors (Lipinski definition) is 3. The number of carbonyl (C=O) groups is 1. The molecule has 1 atom stereocenters. The third-order valence-electron chi connectivity index (χ3n) is 6.18. The van der Waals surface area contributed by atoms with Crippen LogP contribution in [0, 0.1) is 19.8 Å². The summed E-state index contributed by atoms with van der Waals surface area (Å²) in [6.07, 6.45) is -0.188. The van der Waals surface area contributed by atoms with E-state index < -0.39 is 18.6 Å². The predicted molar refractivity (Wildman–Crippen MR) is 149 cm³/mol. The molecule has 0 bridgehead atoms. The number of aliphatic hydroxyl groups excluding tert-OH is 2. The lowest BCUT2D eigenvalue weighted by Gasteiger charge is -2.22. The highest BCUT2D eigenvalue weighted by atomic mass is 32.1. The zero-order valence-electron chi connectivity index (χ0n) is 23.2. The Bertz CT molecular complexity index is 1210. The van der Waals surface area contributed by atoms with E-state index in [1.165, 1.54) is 10.4 Å². The Morgan fingerprint density at radius 3 is 2.63 bits per heavy atom. The predicted octanol–water partition coefficient (Wildman–Crippen LogP) is 3.97. The number of amides is 1. The molecule has 0 aliphatic rings. The van der Waals surface area contributed by atoms with Crippen LogP contribution in [0.3, 0.4) is 0 Å². The van der Waals surface area contributed by atoms with Crippen molar-refractivity contribution >= 4 is 17.2 Å². The number of ether oxygens (including phenoxy) is 1. The molecular weight excluding hydrogens is 504 g/mol. The molecule has 0 radical (unpaired) electrons. The van der Waals surface area contributed by atoms with Crippen LogP contribution < -0.4 is 10.1 Å². The topological polar surface area (TPSA) is 121 Å². The van der Waals surface area contributed by atoms with Crippen molar-refractivity contribution in [3.63, 3.8) is 0 Å². The van der Waals surface area contributed by atoms with Crippen LogP contribution in [0.2, 0.25) is 0 Å². The number of aryl methyl sites for hydroxylation is 3. The number of benzene rings is 1. The van der Waals surface area contributed by atoms with Gasteiger partial charge in [0.2, 0.25) is 11.7 Å². The van der Waals surface area contributed by atoms with Crippen LogP contribution in [0.15, 0.2) is 22.7 Å². The lowest BCUT2D eigenvalue weighted by Crippen LogP contribution is -2.36. The second kappa shape index (κ2) is 13.8. The Hall–Kier alpha value is -2.79. The summed E-state index contributed by atoms with van der Waals surface area (Å²) < 4.78 is 11.6. The number of rotatable bonds is 14. The van der Waals surface area contributed by atoms with Gasteiger partial charge >= 0.3 is 0 Å². The van der Waals surface area contributed by atoms with Crippen LogP contribution in [0.4, 0.5) is 0 Å². The van der Waals surface area contributed by atoms with E-state index >= 15 is 0 Å². The molecule has 2 aromatic heterocycles. The van der Waals surface area contributed by atoms with Crippen molar-refractivity contribution < 1.29 is 24.3 Å². The molecule has 0 unspecified atom stereocenters. The highest BCUT2D eigenvalue weighted by Gasteiger charge is 2.19. The van der Waals surface area contributed by atoms with Crippen molar-refractivity contribution in [1.29, 1.82) is 0 Å². The summed E-state index contributed by atoms with van der Waals surface area (Å²) in [6.45, 7) is 15.1. The molecule has 0 saturated carbocycles. The van der Waals surface area contributed by atoms with E-state index in [9.17, 15) is 9.90 Å². The van der Waals surface area contributed by atoms with E-state index in [4.69, 9.17) is 19.4 Å². The van der Waals surface area contributed by atoms with Gasteiger partial charge in [0.1, 0.15) is 25.1 Å². The minimum atomic E-state index is -0.900. The molecule has 208 valence electrons. The van der Waals surface area contributed by atoms with E-state index in [-0.39, 0.29) is 13.2 Å². The standard InChI is InChI=1S/C28H40N4O5S/c1-7-20-11-21(9-19(6)26(20)36-16-22(34)12-29-25(35)15-33)27-30-28(37-31-27)23-10-18(5)24(38-23)14-32(8-2)13-17(3)4/h9-11,17,22,33-34H,7-8,12-16H2,1-6H3,(H,29,35)/t22-/m0/s1. The fraction of sp³-hybridized carbons (Fsp3) is 0.536. The van der Waals surface area contributed by atoms with E-state index in [2.05, 4.69) is 49.1 Å². The average molecular weight is 545 g/mol. The monoisotopic (exact) mass is 544 g/mol. The van der Waals surface area contributed by atoms with Crippen LogP contribution in [0.1, 0.15) is 49.3 Å². The average Bonchev–Trinajstić information content (AvgIpc) is 3.52. The van der Waals surface area contributed by atoms with E-state index in [1.807, 2.05) is 26.0 Å². The first-order valence-electron chi connectivity index (χ1n) is 13.1.